The van der Waals surface area contributed by atoms with E-state index in [1.54, 1.807) is 11.8 Å². The summed E-state index contributed by atoms with van der Waals surface area (Å²) in [6.07, 6.45) is 9.48. The van der Waals surface area contributed by atoms with Gasteiger partial charge >= 0.3 is 0 Å². The van der Waals surface area contributed by atoms with E-state index in [9.17, 15) is 0 Å². The van der Waals surface area contributed by atoms with Crippen molar-refractivity contribution in [3.05, 3.63) is 35.2 Å². The maximum absolute atomic E-state index is 8.30. The molecule has 1 fully saturated rings. The Labute approximate surface area is 161 Å². The molecule has 26 heavy (non-hydrogen) atoms. The van der Waals surface area contributed by atoms with Gasteiger partial charge in [-0.3, -0.25) is 5.41 Å². The number of nitrogens with zero attached hydrogens (tertiary/aromatic N) is 2. The summed E-state index contributed by atoms with van der Waals surface area (Å²) in [5, 5.41) is 14.0. The predicted octanol–water partition coefficient (Wildman–Crippen LogP) is 4.33. The number of allylic oxidation sites excluding steroid dienone is 1. The number of likely N-dealkylation sites (tertiary alicyclic amines) is 1. The Balaban J connectivity index is 1.39. The zero-order valence-corrected chi connectivity index (χ0v) is 16.5. The fourth-order valence-electron chi connectivity index (χ4n) is 4.44. The van der Waals surface area contributed by atoms with Crippen LogP contribution in [0, 0.1) is 5.41 Å². The first-order valence-electron chi connectivity index (χ1n) is 9.95. The monoisotopic (exact) mass is 370 g/mol. The zero-order chi connectivity index (χ0) is 17.9. The minimum Gasteiger partial charge on any atom is -0.371 e. The lowest BCUT2D eigenvalue weighted by Crippen LogP contribution is -2.35. The minimum atomic E-state index is 0.255. The Morgan fingerprint density at radius 1 is 1.31 bits per heavy atom. The van der Waals surface area contributed by atoms with Crippen molar-refractivity contribution in [2.45, 2.75) is 49.8 Å². The van der Waals surface area contributed by atoms with E-state index >= 15 is 0 Å². The van der Waals surface area contributed by atoms with Gasteiger partial charge in [-0.1, -0.05) is 6.08 Å². The number of hydrogen-bond donors (Lipinski definition) is 2. The van der Waals surface area contributed by atoms with Crippen LogP contribution >= 0.6 is 11.8 Å². The lowest BCUT2D eigenvalue weighted by Gasteiger charge is -2.33. The average Bonchev–Trinajstić information content (AvgIpc) is 3.31. The molecule has 0 aromatic heterocycles. The van der Waals surface area contributed by atoms with Crippen LogP contribution < -0.4 is 10.2 Å². The molecule has 3 aliphatic heterocycles. The molecule has 0 aliphatic carbocycles. The van der Waals surface area contributed by atoms with Gasteiger partial charge in [-0.15, -0.1) is 11.8 Å². The van der Waals surface area contributed by atoms with E-state index in [4.69, 9.17) is 5.41 Å². The van der Waals surface area contributed by atoms with Crippen molar-refractivity contribution >= 4 is 29.0 Å². The summed E-state index contributed by atoms with van der Waals surface area (Å²) >= 11 is 1.74. The van der Waals surface area contributed by atoms with E-state index in [2.05, 4.69) is 51.8 Å². The first kappa shape index (κ1) is 17.9. The van der Waals surface area contributed by atoms with Crippen LogP contribution in [0.4, 0.5) is 11.4 Å². The van der Waals surface area contributed by atoms with Gasteiger partial charge in [-0.25, -0.2) is 0 Å². The smallest absolute Gasteiger partial charge is 0.112 e. The first-order valence-corrected chi connectivity index (χ1v) is 10.9. The van der Waals surface area contributed by atoms with Crippen LogP contribution in [0.2, 0.25) is 0 Å². The highest BCUT2D eigenvalue weighted by atomic mass is 32.2. The van der Waals surface area contributed by atoms with Gasteiger partial charge in [-0.2, -0.15) is 0 Å². The Kier molecular flexibility index (Phi) is 5.55. The zero-order valence-electron chi connectivity index (χ0n) is 15.7. The second-order valence-electron chi connectivity index (χ2n) is 7.77. The summed E-state index contributed by atoms with van der Waals surface area (Å²) < 4.78 is 0. The molecule has 140 valence electrons. The van der Waals surface area contributed by atoms with Gasteiger partial charge in [0.05, 0.1) is 5.25 Å². The molecular weight excluding hydrogens is 340 g/mol. The van der Waals surface area contributed by atoms with Gasteiger partial charge in [0.2, 0.25) is 0 Å². The molecule has 2 unspecified atom stereocenters. The van der Waals surface area contributed by atoms with Crippen LogP contribution in [0.3, 0.4) is 0 Å². The second-order valence-corrected chi connectivity index (χ2v) is 8.88. The van der Waals surface area contributed by atoms with Gasteiger partial charge < -0.3 is 15.1 Å². The van der Waals surface area contributed by atoms with Gasteiger partial charge in [-0.05, 0) is 81.3 Å². The number of thioether (sulfide) groups is 1. The highest BCUT2D eigenvalue weighted by Crippen LogP contribution is 2.31. The van der Waals surface area contributed by atoms with E-state index < -0.39 is 0 Å². The predicted molar refractivity (Wildman–Crippen MR) is 114 cm³/mol. The van der Waals surface area contributed by atoms with Crippen molar-refractivity contribution in [2.24, 2.45) is 0 Å². The van der Waals surface area contributed by atoms with Crippen molar-refractivity contribution in [1.29, 1.82) is 5.41 Å². The van der Waals surface area contributed by atoms with Crippen LogP contribution in [-0.2, 0) is 6.42 Å². The Bertz CT molecular complexity index is 679. The standard InChI is InChI=1S/C21H30N4S/c1-24-11-3-6-18(24)10-13-25-12-2-5-16-15-17(8-9-19(16)25)23-21(22)20-7-4-14-26-20/h4,8-9,14-15,18,20H,2-3,5-7,10-13H2,1H3,(H2,22,23). The van der Waals surface area contributed by atoms with Crippen LogP contribution in [0.15, 0.2) is 29.7 Å². The largest absolute Gasteiger partial charge is 0.371 e. The maximum atomic E-state index is 8.30. The molecule has 0 bridgehead atoms. The van der Waals surface area contributed by atoms with E-state index in [1.165, 1.54) is 50.0 Å². The van der Waals surface area contributed by atoms with Crippen molar-refractivity contribution in [3.8, 4) is 0 Å². The van der Waals surface area contributed by atoms with Crippen molar-refractivity contribution in [3.63, 3.8) is 0 Å². The Hall–Kier alpha value is -1.46. The minimum absolute atomic E-state index is 0.255. The molecule has 0 spiro atoms. The molecule has 5 heteroatoms. The molecule has 0 radical (unpaired) electrons. The van der Waals surface area contributed by atoms with E-state index in [0.29, 0.717) is 5.84 Å². The quantitative estimate of drug-likeness (QED) is 0.598. The molecule has 0 saturated carbocycles. The normalized spacial score (nSPS) is 25.5. The third-order valence-electron chi connectivity index (χ3n) is 5.99. The molecule has 3 heterocycles. The second kappa shape index (κ2) is 8.05. The molecule has 1 aromatic carbocycles. The lowest BCUT2D eigenvalue weighted by atomic mass is 10.00. The molecule has 1 saturated heterocycles. The topological polar surface area (TPSA) is 42.4 Å². The highest BCUT2D eigenvalue weighted by Gasteiger charge is 2.23. The third-order valence-corrected chi connectivity index (χ3v) is 7.09. The summed E-state index contributed by atoms with van der Waals surface area (Å²) in [6.45, 7) is 3.60. The molecule has 3 aliphatic rings. The van der Waals surface area contributed by atoms with Gasteiger partial charge in [0.25, 0.3) is 0 Å². The molecule has 4 rings (SSSR count). The summed E-state index contributed by atoms with van der Waals surface area (Å²) in [5.41, 5.74) is 3.91. The van der Waals surface area contributed by atoms with Crippen LogP contribution in [0.25, 0.3) is 0 Å². The number of rotatable bonds is 5. The van der Waals surface area contributed by atoms with E-state index in [1.807, 2.05) is 0 Å². The highest BCUT2D eigenvalue weighted by molar-refractivity contribution is 8.03. The van der Waals surface area contributed by atoms with E-state index in [-0.39, 0.29) is 5.25 Å². The fourth-order valence-corrected chi connectivity index (χ4v) is 5.27. The lowest BCUT2D eigenvalue weighted by molar-refractivity contribution is 0.297. The van der Waals surface area contributed by atoms with Crippen molar-refractivity contribution < 1.29 is 0 Å². The fraction of sp³-hybridized carbons (Fsp3) is 0.571. The summed E-state index contributed by atoms with van der Waals surface area (Å²) in [6, 6.07) is 7.45. The number of anilines is 2. The molecule has 0 amide bonds. The molecular formula is C21H30N4S. The maximum Gasteiger partial charge on any atom is 0.112 e. The number of fused-ring (bicyclic) bond motifs is 1. The van der Waals surface area contributed by atoms with Crippen molar-refractivity contribution in [2.75, 3.05) is 36.9 Å². The van der Waals surface area contributed by atoms with Gasteiger partial charge in [0, 0.05) is 30.5 Å². The van der Waals surface area contributed by atoms with Crippen LogP contribution in [0.5, 0.6) is 0 Å². The number of hydrogen-bond acceptors (Lipinski definition) is 4. The number of amidine groups is 1. The summed E-state index contributed by atoms with van der Waals surface area (Å²) in [4.78, 5) is 5.11. The Morgan fingerprint density at radius 3 is 3.00 bits per heavy atom. The van der Waals surface area contributed by atoms with Crippen LogP contribution in [0.1, 0.15) is 37.7 Å². The molecule has 4 nitrogen and oxygen atoms in total. The van der Waals surface area contributed by atoms with E-state index in [0.717, 1.165) is 31.1 Å². The SMILES string of the molecule is CN1CCCC1CCN1CCCc2cc(NC(=N)C3CC=CS3)ccc21. The summed E-state index contributed by atoms with van der Waals surface area (Å²) in [7, 11) is 2.27. The molecule has 1 aromatic rings. The summed E-state index contributed by atoms with van der Waals surface area (Å²) in [5.74, 6) is 0.622. The number of nitrogens with one attached hydrogen (secondary N) is 2. The van der Waals surface area contributed by atoms with Gasteiger partial charge in [0.15, 0.2) is 0 Å². The van der Waals surface area contributed by atoms with Gasteiger partial charge in [0.1, 0.15) is 5.84 Å². The Morgan fingerprint density at radius 2 is 2.23 bits per heavy atom. The average molecular weight is 371 g/mol. The number of benzene rings is 1. The first-order chi connectivity index (χ1) is 12.7. The third kappa shape index (κ3) is 3.94. The van der Waals surface area contributed by atoms with Crippen LogP contribution in [-0.4, -0.2) is 48.7 Å². The molecule has 2 atom stereocenters. The van der Waals surface area contributed by atoms with Crippen molar-refractivity contribution in [1.82, 2.24) is 4.90 Å². The number of aryl methyl sites for hydroxylation is 1. The molecule has 2 N–H and O–H groups in total.